The summed E-state index contributed by atoms with van der Waals surface area (Å²) in [5.41, 5.74) is 1.62. The Bertz CT molecular complexity index is 709. The second-order valence-corrected chi connectivity index (χ2v) is 5.58. The van der Waals surface area contributed by atoms with Crippen molar-refractivity contribution in [3.63, 3.8) is 0 Å². The average molecular weight is 390 g/mol. The Morgan fingerprint density at radius 2 is 1.04 bits per heavy atom. The van der Waals surface area contributed by atoms with Crippen molar-refractivity contribution in [1.82, 2.24) is 0 Å². The highest BCUT2D eigenvalue weighted by Crippen LogP contribution is 2.36. The van der Waals surface area contributed by atoms with E-state index in [9.17, 15) is 9.59 Å². The van der Waals surface area contributed by atoms with Gasteiger partial charge in [-0.15, -0.1) is 0 Å². The minimum Gasteiger partial charge on any atom is -0.491 e. The quantitative estimate of drug-likeness (QED) is 0.501. The van der Waals surface area contributed by atoms with Gasteiger partial charge in [0.25, 0.3) is 0 Å². The van der Waals surface area contributed by atoms with E-state index in [1.54, 1.807) is 12.1 Å². The van der Waals surface area contributed by atoms with E-state index >= 15 is 0 Å². The van der Waals surface area contributed by atoms with E-state index in [0.29, 0.717) is 11.5 Å². The molecule has 0 radical (unpaired) electrons. The summed E-state index contributed by atoms with van der Waals surface area (Å²) < 4.78 is 21.4. The maximum Gasteiger partial charge on any atom is 0.329 e. The standard InChI is InChI=1S/C20H22O8/c21-19(22)13-25-9-11-27-17-7-3-1-5-15(17)16-6-2-4-8-18(16)28-12-10-26-14-20(23)24/h1-8H,9-14H2,(H,21,22)(H,23,24). The molecule has 2 aromatic rings. The summed E-state index contributed by atoms with van der Waals surface area (Å²) in [5.74, 6) is -0.836. The number of hydrogen-bond donors (Lipinski definition) is 2. The molecule has 0 bridgehead atoms. The topological polar surface area (TPSA) is 112 Å². The van der Waals surface area contributed by atoms with Crippen LogP contribution in [0.2, 0.25) is 0 Å². The third-order valence-corrected chi connectivity index (χ3v) is 3.49. The van der Waals surface area contributed by atoms with Crippen LogP contribution in [0.1, 0.15) is 0 Å². The number of aliphatic carboxylic acids is 2. The Morgan fingerprint density at radius 3 is 1.43 bits per heavy atom. The van der Waals surface area contributed by atoms with Gasteiger partial charge in [-0.25, -0.2) is 9.59 Å². The first-order chi connectivity index (χ1) is 13.6. The van der Waals surface area contributed by atoms with Gasteiger partial charge >= 0.3 is 11.9 Å². The molecular formula is C20H22O8. The normalized spacial score (nSPS) is 10.4. The molecule has 150 valence electrons. The van der Waals surface area contributed by atoms with Gasteiger partial charge in [-0.3, -0.25) is 0 Å². The van der Waals surface area contributed by atoms with E-state index in [1.165, 1.54) is 0 Å². The SMILES string of the molecule is O=C(O)COCCOc1ccccc1-c1ccccc1OCCOCC(=O)O. The Labute approximate surface area is 162 Å². The third-order valence-electron chi connectivity index (χ3n) is 3.49. The van der Waals surface area contributed by atoms with Crippen LogP contribution in [0.15, 0.2) is 48.5 Å². The molecule has 0 atom stereocenters. The number of benzene rings is 2. The zero-order chi connectivity index (χ0) is 20.2. The molecule has 0 saturated heterocycles. The lowest BCUT2D eigenvalue weighted by Crippen LogP contribution is -2.13. The maximum atomic E-state index is 10.5. The summed E-state index contributed by atoms with van der Waals surface area (Å²) in [6.07, 6.45) is 0. The maximum absolute atomic E-state index is 10.5. The number of carboxylic acids is 2. The van der Waals surface area contributed by atoms with Crippen molar-refractivity contribution >= 4 is 11.9 Å². The van der Waals surface area contributed by atoms with Crippen molar-refractivity contribution in [2.45, 2.75) is 0 Å². The van der Waals surface area contributed by atoms with E-state index < -0.39 is 11.9 Å². The van der Waals surface area contributed by atoms with Crippen LogP contribution in [0.4, 0.5) is 0 Å². The van der Waals surface area contributed by atoms with Crippen LogP contribution < -0.4 is 9.47 Å². The number of para-hydroxylation sites is 2. The molecule has 8 heteroatoms. The lowest BCUT2D eigenvalue weighted by atomic mass is 10.0. The molecular weight excluding hydrogens is 368 g/mol. The first kappa shape index (κ1) is 21.2. The molecule has 2 aromatic carbocycles. The van der Waals surface area contributed by atoms with E-state index in [2.05, 4.69) is 0 Å². The summed E-state index contributed by atoms with van der Waals surface area (Å²) in [7, 11) is 0. The first-order valence-corrected chi connectivity index (χ1v) is 8.61. The average Bonchev–Trinajstić information content (AvgIpc) is 2.68. The largest absolute Gasteiger partial charge is 0.491 e. The fraction of sp³-hybridized carbons (Fsp3) is 0.300. The van der Waals surface area contributed by atoms with Gasteiger partial charge in [-0.1, -0.05) is 36.4 Å². The third kappa shape index (κ3) is 7.26. The number of ether oxygens (including phenoxy) is 4. The van der Waals surface area contributed by atoms with E-state index in [4.69, 9.17) is 29.2 Å². The van der Waals surface area contributed by atoms with Crippen LogP contribution in [-0.2, 0) is 19.1 Å². The van der Waals surface area contributed by atoms with E-state index in [0.717, 1.165) is 11.1 Å². The number of carboxylic acid groups (broad SMARTS) is 2. The van der Waals surface area contributed by atoms with Crippen molar-refractivity contribution in [2.75, 3.05) is 39.6 Å². The van der Waals surface area contributed by atoms with Crippen LogP contribution in [0, 0.1) is 0 Å². The van der Waals surface area contributed by atoms with Gasteiger partial charge in [0.05, 0.1) is 13.2 Å². The van der Waals surface area contributed by atoms with Crippen LogP contribution in [0.3, 0.4) is 0 Å². The van der Waals surface area contributed by atoms with Crippen molar-refractivity contribution in [3.8, 4) is 22.6 Å². The molecule has 0 aliphatic heterocycles. The highest BCUT2D eigenvalue weighted by Gasteiger charge is 2.11. The second-order valence-electron chi connectivity index (χ2n) is 5.58. The molecule has 8 nitrogen and oxygen atoms in total. The Morgan fingerprint density at radius 1 is 0.643 bits per heavy atom. The molecule has 0 aromatic heterocycles. The van der Waals surface area contributed by atoms with Gasteiger partial charge < -0.3 is 29.2 Å². The molecule has 0 unspecified atom stereocenters. The van der Waals surface area contributed by atoms with Crippen LogP contribution >= 0.6 is 0 Å². The lowest BCUT2D eigenvalue weighted by Gasteiger charge is -2.15. The number of rotatable bonds is 13. The van der Waals surface area contributed by atoms with Crippen LogP contribution in [0.5, 0.6) is 11.5 Å². The predicted molar refractivity (Wildman–Crippen MR) is 99.8 cm³/mol. The fourth-order valence-electron chi connectivity index (χ4n) is 2.37. The molecule has 0 fully saturated rings. The Hall–Kier alpha value is -3.10. The van der Waals surface area contributed by atoms with Gasteiger partial charge in [0.1, 0.15) is 37.9 Å². The zero-order valence-electron chi connectivity index (χ0n) is 15.2. The molecule has 2 N–H and O–H groups in total. The number of carbonyl (C=O) groups is 2. The smallest absolute Gasteiger partial charge is 0.329 e. The molecule has 0 amide bonds. The fourth-order valence-corrected chi connectivity index (χ4v) is 2.37. The minimum absolute atomic E-state index is 0.152. The first-order valence-electron chi connectivity index (χ1n) is 8.61. The Kier molecular flexibility index (Phi) is 8.77. The van der Waals surface area contributed by atoms with Gasteiger partial charge in [-0.2, -0.15) is 0 Å². The monoisotopic (exact) mass is 390 g/mol. The number of hydrogen-bond acceptors (Lipinski definition) is 6. The second kappa shape index (κ2) is 11.6. The molecule has 0 saturated carbocycles. The van der Waals surface area contributed by atoms with Crippen LogP contribution in [-0.4, -0.2) is 61.8 Å². The summed E-state index contributed by atoms with van der Waals surface area (Å²) in [5, 5.41) is 17.1. The van der Waals surface area contributed by atoms with Crippen molar-refractivity contribution in [1.29, 1.82) is 0 Å². The highest BCUT2D eigenvalue weighted by atomic mass is 16.5. The highest BCUT2D eigenvalue weighted by molar-refractivity contribution is 5.75. The summed E-state index contributed by atoms with van der Waals surface area (Å²) in [6, 6.07) is 14.8. The molecule has 28 heavy (non-hydrogen) atoms. The molecule has 0 heterocycles. The van der Waals surface area contributed by atoms with Gasteiger partial charge in [0.2, 0.25) is 0 Å². The Balaban J connectivity index is 2.00. The zero-order valence-corrected chi connectivity index (χ0v) is 15.2. The van der Waals surface area contributed by atoms with Gasteiger partial charge in [-0.05, 0) is 12.1 Å². The summed E-state index contributed by atoms with van der Waals surface area (Å²) in [4.78, 5) is 20.9. The molecule has 0 spiro atoms. The van der Waals surface area contributed by atoms with E-state index in [-0.39, 0.29) is 39.6 Å². The van der Waals surface area contributed by atoms with Gasteiger partial charge in [0, 0.05) is 11.1 Å². The predicted octanol–water partition coefficient (Wildman–Crippen LogP) is 2.31. The summed E-state index contributed by atoms with van der Waals surface area (Å²) >= 11 is 0. The molecule has 2 rings (SSSR count). The molecule has 0 aliphatic rings. The van der Waals surface area contributed by atoms with Crippen molar-refractivity contribution in [3.05, 3.63) is 48.5 Å². The summed E-state index contributed by atoms with van der Waals surface area (Å²) in [6.45, 7) is -0.0245. The van der Waals surface area contributed by atoms with Crippen LogP contribution in [0.25, 0.3) is 11.1 Å². The minimum atomic E-state index is -1.03. The van der Waals surface area contributed by atoms with Crippen molar-refractivity contribution < 1.29 is 38.7 Å². The van der Waals surface area contributed by atoms with Crippen molar-refractivity contribution in [2.24, 2.45) is 0 Å². The lowest BCUT2D eigenvalue weighted by molar-refractivity contribution is -0.143. The van der Waals surface area contributed by atoms with Gasteiger partial charge in [0.15, 0.2) is 0 Å². The molecule has 0 aliphatic carbocycles. The van der Waals surface area contributed by atoms with E-state index in [1.807, 2.05) is 36.4 Å².